The predicted octanol–water partition coefficient (Wildman–Crippen LogP) is 3.77. The van der Waals surface area contributed by atoms with E-state index >= 15 is 0 Å². The van der Waals surface area contributed by atoms with E-state index in [1.54, 1.807) is 45.0 Å². The summed E-state index contributed by atoms with van der Waals surface area (Å²) in [6.45, 7) is 12.4. The lowest BCUT2D eigenvalue weighted by molar-refractivity contribution is -0.144. The molecule has 4 atom stereocenters. The molecule has 200 valence electrons. The van der Waals surface area contributed by atoms with Crippen molar-refractivity contribution in [1.29, 1.82) is 0 Å². The average molecular weight is 502 g/mol. The monoisotopic (exact) mass is 501 g/mol. The zero-order chi connectivity index (χ0) is 27.5. The lowest BCUT2D eigenvalue weighted by atomic mass is 9.94. The van der Waals surface area contributed by atoms with Gasteiger partial charge in [0.15, 0.2) is 0 Å². The van der Waals surface area contributed by atoms with Gasteiger partial charge in [-0.1, -0.05) is 57.7 Å². The van der Waals surface area contributed by atoms with Crippen LogP contribution in [-0.4, -0.2) is 58.8 Å². The lowest BCUT2D eigenvalue weighted by Gasteiger charge is -2.36. The van der Waals surface area contributed by atoms with Crippen LogP contribution in [0.5, 0.6) is 0 Å². The molecule has 3 amide bonds. The Kier molecular flexibility index (Phi) is 12.5. The minimum absolute atomic E-state index is 0.124. The number of hydrogen-bond donors (Lipinski definition) is 3. The molecular formula is C28H43N3O5. The van der Waals surface area contributed by atoms with E-state index in [-0.39, 0.29) is 25.1 Å². The summed E-state index contributed by atoms with van der Waals surface area (Å²) >= 11 is 0. The number of aliphatic hydroxyl groups excluding tert-OH is 1. The third kappa shape index (κ3) is 9.19. The fraction of sp³-hybridized carbons (Fsp3) is 0.607. The molecule has 0 aliphatic heterocycles. The number of carbonyl (C=O) groups is 3. The maximum atomic E-state index is 14.0. The fourth-order valence-corrected chi connectivity index (χ4v) is 3.92. The maximum absolute atomic E-state index is 14.0. The average Bonchev–Trinajstić information content (AvgIpc) is 2.80. The molecule has 1 aromatic carbocycles. The van der Waals surface area contributed by atoms with Gasteiger partial charge in [0.1, 0.15) is 17.7 Å². The standard InChI is InChI=1S/C28H43N3O5/c1-9-14-20(5)29-25(33)24(22-16-13-12-15-21(22)11-3)31(17-18-32)26(34)23(19(4)10-2)30-27(35)36-28(6,7)8/h3,12-13,15-16,19-20,23-24,32H,9-10,14,17-18H2,1-2,4-8H3,(H,29,33)(H,30,35). The molecule has 8 heteroatoms. The van der Waals surface area contributed by atoms with Crippen LogP contribution in [-0.2, 0) is 14.3 Å². The summed E-state index contributed by atoms with van der Waals surface area (Å²) in [6.07, 6.45) is 7.23. The first-order chi connectivity index (χ1) is 16.9. The van der Waals surface area contributed by atoms with Crippen molar-refractivity contribution in [2.75, 3.05) is 13.2 Å². The van der Waals surface area contributed by atoms with Crippen LogP contribution in [0, 0.1) is 18.3 Å². The lowest BCUT2D eigenvalue weighted by Crippen LogP contribution is -2.56. The SMILES string of the molecule is C#Cc1ccccc1C(C(=O)NC(C)CCC)N(CCO)C(=O)C(NC(=O)OC(C)(C)C)C(C)CC. The second kappa shape index (κ2) is 14.5. The molecule has 0 saturated carbocycles. The van der Waals surface area contributed by atoms with E-state index in [2.05, 4.69) is 16.6 Å². The molecule has 1 rings (SSSR count). The number of hydrogen-bond acceptors (Lipinski definition) is 5. The number of benzene rings is 1. The highest BCUT2D eigenvalue weighted by Crippen LogP contribution is 2.27. The maximum Gasteiger partial charge on any atom is 0.408 e. The van der Waals surface area contributed by atoms with Crippen LogP contribution < -0.4 is 10.6 Å². The van der Waals surface area contributed by atoms with E-state index in [1.165, 1.54) is 4.90 Å². The number of aliphatic hydroxyl groups is 1. The van der Waals surface area contributed by atoms with E-state index in [0.29, 0.717) is 17.5 Å². The first-order valence-electron chi connectivity index (χ1n) is 12.7. The number of terminal acetylenes is 1. The summed E-state index contributed by atoms with van der Waals surface area (Å²) in [5.74, 6) is 1.43. The second-order valence-corrected chi connectivity index (χ2v) is 10.1. The smallest absolute Gasteiger partial charge is 0.408 e. The summed E-state index contributed by atoms with van der Waals surface area (Å²) in [6, 6.07) is 4.73. The molecule has 36 heavy (non-hydrogen) atoms. The van der Waals surface area contributed by atoms with Gasteiger partial charge < -0.3 is 25.4 Å². The highest BCUT2D eigenvalue weighted by Gasteiger charge is 2.38. The van der Waals surface area contributed by atoms with Gasteiger partial charge in [-0.05, 0) is 51.7 Å². The molecule has 0 spiro atoms. The van der Waals surface area contributed by atoms with Crippen molar-refractivity contribution in [2.45, 2.75) is 91.5 Å². The minimum atomic E-state index is -1.09. The largest absolute Gasteiger partial charge is 0.444 e. The Morgan fingerprint density at radius 2 is 1.78 bits per heavy atom. The Balaban J connectivity index is 3.55. The summed E-state index contributed by atoms with van der Waals surface area (Å²) in [4.78, 5) is 41.5. The Hall–Kier alpha value is -3.05. The van der Waals surface area contributed by atoms with Gasteiger partial charge in [0.05, 0.1) is 6.61 Å². The highest BCUT2D eigenvalue weighted by molar-refractivity contribution is 5.92. The molecule has 0 aliphatic rings. The van der Waals surface area contributed by atoms with Gasteiger partial charge in [-0.15, -0.1) is 6.42 Å². The van der Waals surface area contributed by atoms with E-state index < -0.39 is 35.6 Å². The number of ether oxygens (including phenoxy) is 1. The number of carbonyl (C=O) groups excluding carboxylic acids is 3. The van der Waals surface area contributed by atoms with E-state index in [4.69, 9.17) is 11.2 Å². The molecule has 0 fully saturated rings. The number of amides is 3. The second-order valence-electron chi connectivity index (χ2n) is 10.1. The Morgan fingerprint density at radius 1 is 1.14 bits per heavy atom. The molecule has 0 aromatic heterocycles. The van der Waals surface area contributed by atoms with Crippen LogP contribution in [0.15, 0.2) is 24.3 Å². The van der Waals surface area contributed by atoms with Crippen LogP contribution >= 0.6 is 0 Å². The molecule has 0 saturated heterocycles. The van der Waals surface area contributed by atoms with E-state index in [1.807, 2.05) is 27.7 Å². The van der Waals surface area contributed by atoms with Crippen LogP contribution in [0.3, 0.4) is 0 Å². The fourth-order valence-electron chi connectivity index (χ4n) is 3.92. The molecule has 4 unspecified atom stereocenters. The zero-order valence-electron chi connectivity index (χ0n) is 22.8. The van der Waals surface area contributed by atoms with Gasteiger partial charge in [0, 0.05) is 18.2 Å². The third-order valence-electron chi connectivity index (χ3n) is 5.86. The minimum Gasteiger partial charge on any atom is -0.444 e. The third-order valence-corrected chi connectivity index (χ3v) is 5.86. The van der Waals surface area contributed by atoms with Crippen LogP contribution in [0.25, 0.3) is 0 Å². The Morgan fingerprint density at radius 3 is 2.31 bits per heavy atom. The number of rotatable bonds is 12. The van der Waals surface area contributed by atoms with Gasteiger partial charge in [-0.2, -0.15) is 0 Å². The quantitative estimate of drug-likeness (QED) is 0.378. The number of nitrogens with one attached hydrogen (secondary N) is 2. The zero-order valence-corrected chi connectivity index (χ0v) is 22.8. The highest BCUT2D eigenvalue weighted by atomic mass is 16.6. The number of nitrogens with zero attached hydrogens (tertiary/aromatic N) is 1. The van der Waals surface area contributed by atoms with Gasteiger partial charge in [0.25, 0.3) is 0 Å². The van der Waals surface area contributed by atoms with Crippen molar-refractivity contribution in [3.8, 4) is 12.3 Å². The molecule has 0 radical (unpaired) electrons. The molecule has 3 N–H and O–H groups in total. The van der Waals surface area contributed by atoms with Crippen molar-refractivity contribution in [2.24, 2.45) is 5.92 Å². The number of alkyl carbamates (subject to hydrolysis) is 1. The molecule has 1 aromatic rings. The Labute approximate surface area is 216 Å². The van der Waals surface area contributed by atoms with Gasteiger partial charge in [-0.3, -0.25) is 9.59 Å². The van der Waals surface area contributed by atoms with Gasteiger partial charge >= 0.3 is 6.09 Å². The van der Waals surface area contributed by atoms with Crippen molar-refractivity contribution in [1.82, 2.24) is 15.5 Å². The first-order valence-corrected chi connectivity index (χ1v) is 12.7. The first kappa shape index (κ1) is 31.0. The van der Waals surface area contributed by atoms with Crippen LogP contribution in [0.1, 0.15) is 84.9 Å². The van der Waals surface area contributed by atoms with Crippen molar-refractivity contribution < 1.29 is 24.2 Å². The summed E-state index contributed by atoms with van der Waals surface area (Å²) in [5.41, 5.74) is 0.196. The summed E-state index contributed by atoms with van der Waals surface area (Å²) < 4.78 is 5.39. The molecule has 0 heterocycles. The van der Waals surface area contributed by atoms with E-state index in [9.17, 15) is 19.5 Å². The molecule has 0 bridgehead atoms. The van der Waals surface area contributed by atoms with Crippen molar-refractivity contribution in [3.05, 3.63) is 35.4 Å². The summed E-state index contributed by atoms with van der Waals surface area (Å²) in [5, 5.41) is 15.6. The molecule has 0 aliphatic carbocycles. The van der Waals surface area contributed by atoms with Crippen molar-refractivity contribution in [3.63, 3.8) is 0 Å². The van der Waals surface area contributed by atoms with E-state index in [0.717, 1.165) is 12.8 Å². The normalized spacial score (nSPS) is 14.5. The van der Waals surface area contributed by atoms with Crippen molar-refractivity contribution >= 4 is 17.9 Å². The van der Waals surface area contributed by atoms with Gasteiger partial charge in [-0.25, -0.2) is 4.79 Å². The van der Waals surface area contributed by atoms with Crippen LogP contribution in [0.2, 0.25) is 0 Å². The molecule has 8 nitrogen and oxygen atoms in total. The molecular weight excluding hydrogens is 458 g/mol. The van der Waals surface area contributed by atoms with Gasteiger partial charge in [0.2, 0.25) is 11.8 Å². The Bertz CT molecular complexity index is 918. The summed E-state index contributed by atoms with van der Waals surface area (Å²) in [7, 11) is 0. The van der Waals surface area contributed by atoms with Crippen LogP contribution in [0.4, 0.5) is 4.79 Å². The predicted molar refractivity (Wildman–Crippen MR) is 141 cm³/mol. The topological polar surface area (TPSA) is 108 Å².